The molecule has 0 saturated heterocycles. The second kappa shape index (κ2) is 7.92. The number of benzene rings is 1. The second-order valence-corrected chi connectivity index (χ2v) is 4.94. The highest BCUT2D eigenvalue weighted by Crippen LogP contribution is 2.25. The fourth-order valence-corrected chi connectivity index (χ4v) is 2.15. The van der Waals surface area contributed by atoms with E-state index < -0.39 is 5.97 Å². The molecule has 0 saturated carbocycles. The van der Waals surface area contributed by atoms with Gasteiger partial charge in [-0.1, -0.05) is 36.2 Å². The number of carbonyl (C=O) groups is 2. The SMILES string of the molecule is CCCN(CC(=O)O)C(=O)/C=C/c1c(Cl)cccc1Cl. The summed E-state index contributed by atoms with van der Waals surface area (Å²) in [6, 6.07) is 5.04. The van der Waals surface area contributed by atoms with Crippen molar-refractivity contribution in [3.05, 3.63) is 39.9 Å². The van der Waals surface area contributed by atoms with E-state index in [1.165, 1.54) is 17.1 Å². The van der Waals surface area contributed by atoms with Crippen LogP contribution in [0.1, 0.15) is 18.9 Å². The number of aliphatic carboxylic acids is 1. The van der Waals surface area contributed by atoms with E-state index in [0.717, 1.165) is 0 Å². The lowest BCUT2D eigenvalue weighted by Gasteiger charge is -2.17. The highest BCUT2D eigenvalue weighted by Gasteiger charge is 2.13. The van der Waals surface area contributed by atoms with E-state index in [1.807, 2.05) is 6.92 Å². The third kappa shape index (κ3) is 4.87. The van der Waals surface area contributed by atoms with Gasteiger partial charge in [0.2, 0.25) is 5.91 Å². The van der Waals surface area contributed by atoms with Crippen molar-refractivity contribution in [3.63, 3.8) is 0 Å². The number of hydrogen-bond donors (Lipinski definition) is 1. The van der Waals surface area contributed by atoms with Crippen LogP contribution in [0.2, 0.25) is 10.0 Å². The molecule has 20 heavy (non-hydrogen) atoms. The van der Waals surface area contributed by atoms with Crippen LogP contribution in [0.15, 0.2) is 24.3 Å². The third-order valence-corrected chi connectivity index (χ3v) is 3.18. The zero-order valence-electron chi connectivity index (χ0n) is 11.0. The minimum Gasteiger partial charge on any atom is -0.480 e. The first kappa shape index (κ1) is 16.5. The van der Waals surface area contributed by atoms with E-state index in [4.69, 9.17) is 28.3 Å². The Hall–Kier alpha value is -1.52. The molecule has 108 valence electrons. The average molecular weight is 316 g/mol. The van der Waals surface area contributed by atoms with Gasteiger partial charge in [0, 0.05) is 28.2 Å². The van der Waals surface area contributed by atoms with Crippen molar-refractivity contribution < 1.29 is 14.7 Å². The standard InChI is InChI=1S/C14H15Cl2NO3/c1-2-8-17(9-14(19)20)13(18)7-6-10-11(15)4-3-5-12(10)16/h3-7H,2,8-9H2,1H3,(H,19,20)/b7-6+. The summed E-state index contributed by atoms with van der Waals surface area (Å²) in [4.78, 5) is 23.9. The number of amides is 1. The van der Waals surface area contributed by atoms with Gasteiger partial charge in [-0.3, -0.25) is 9.59 Å². The number of hydrogen-bond acceptors (Lipinski definition) is 2. The predicted molar refractivity (Wildman–Crippen MR) is 80.0 cm³/mol. The van der Waals surface area contributed by atoms with Crippen molar-refractivity contribution in [1.29, 1.82) is 0 Å². The number of carboxylic acid groups (broad SMARTS) is 1. The van der Waals surface area contributed by atoms with E-state index in [1.54, 1.807) is 18.2 Å². The summed E-state index contributed by atoms with van der Waals surface area (Å²) in [5, 5.41) is 9.64. The molecule has 0 atom stereocenters. The van der Waals surface area contributed by atoms with Crippen molar-refractivity contribution in [3.8, 4) is 0 Å². The maximum Gasteiger partial charge on any atom is 0.323 e. The Morgan fingerprint density at radius 1 is 1.30 bits per heavy atom. The first-order chi connectivity index (χ1) is 9.45. The molecular weight excluding hydrogens is 301 g/mol. The van der Waals surface area contributed by atoms with Gasteiger partial charge in [0.1, 0.15) is 6.54 Å². The number of carboxylic acids is 1. The summed E-state index contributed by atoms with van der Waals surface area (Å²) in [5.41, 5.74) is 0.538. The van der Waals surface area contributed by atoms with Crippen LogP contribution in [0.25, 0.3) is 6.08 Å². The molecule has 0 heterocycles. The minimum atomic E-state index is -1.05. The summed E-state index contributed by atoms with van der Waals surface area (Å²) >= 11 is 12.0. The van der Waals surface area contributed by atoms with Crippen LogP contribution in [-0.2, 0) is 9.59 Å². The molecule has 0 aliphatic heterocycles. The second-order valence-electron chi connectivity index (χ2n) is 4.12. The normalized spacial score (nSPS) is 10.8. The zero-order valence-corrected chi connectivity index (χ0v) is 12.5. The quantitative estimate of drug-likeness (QED) is 0.819. The lowest BCUT2D eigenvalue weighted by atomic mass is 10.2. The number of halogens is 2. The van der Waals surface area contributed by atoms with E-state index in [9.17, 15) is 9.59 Å². The van der Waals surface area contributed by atoms with Crippen molar-refractivity contribution in [2.75, 3.05) is 13.1 Å². The fraction of sp³-hybridized carbons (Fsp3) is 0.286. The van der Waals surface area contributed by atoms with Crippen LogP contribution < -0.4 is 0 Å². The van der Waals surface area contributed by atoms with Gasteiger partial charge in [0.05, 0.1) is 0 Å². The summed E-state index contributed by atoms with van der Waals surface area (Å²) in [5.74, 6) is -1.43. The molecule has 0 radical (unpaired) electrons. The van der Waals surface area contributed by atoms with Crippen molar-refractivity contribution in [1.82, 2.24) is 4.90 Å². The van der Waals surface area contributed by atoms with Gasteiger partial charge in [0.15, 0.2) is 0 Å². The highest BCUT2D eigenvalue weighted by atomic mass is 35.5. The van der Waals surface area contributed by atoms with Crippen LogP contribution in [-0.4, -0.2) is 35.0 Å². The molecule has 6 heteroatoms. The zero-order chi connectivity index (χ0) is 15.1. The molecule has 1 aromatic carbocycles. The summed E-state index contributed by atoms with van der Waals surface area (Å²) in [6.45, 7) is 1.93. The van der Waals surface area contributed by atoms with Gasteiger partial charge in [-0.15, -0.1) is 0 Å². The van der Waals surface area contributed by atoms with Crippen LogP contribution in [0.4, 0.5) is 0 Å². The van der Waals surface area contributed by atoms with E-state index in [-0.39, 0.29) is 12.5 Å². The first-order valence-corrected chi connectivity index (χ1v) is 6.84. The molecule has 0 aromatic heterocycles. The Morgan fingerprint density at radius 3 is 2.40 bits per heavy atom. The van der Waals surface area contributed by atoms with Gasteiger partial charge in [0.25, 0.3) is 0 Å². The Balaban J connectivity index is 2.86. The van der Waals surface area contributed by atoms with E-state index in [2.05, 4.69) is 0 Å². The van der Waals surface area contributed by atoms with E-state index in [0.29, 0.717) is 28.6 Å². The Bertz CT molecular complexity index is 509. The molecule has 1 N–H and O–H groups in total. The smallest absolute Gasteiger partial charge is 0.323 e. The molecule has 1 rings (SSSR count). The molecule has 1 amide bonds. The molecule has 4 nitrogen and oxygen atoms in total. The fourth-order valence-electron chi connectivity index (χ4n) is 1.63. The lowest BCUT2D eigenvalue weighted by molar-refractivity contribution is -0.142. The molecule has 0 unspecified atom stereocenters. The van der Waals surface area contributed by atoms with Crippen LogP contribution >= 0.6 is 23.2 Å². The average Bonchev–Trinajstić information content (AvgIpc) is 2.37. The predicted octanol–water partition coefficient (Wildman–Crippen LogP) is 3.33. The maximum atomic E-state index is 12.0. The van der Waals surface area contributed by atoms with Gasteiger partial charge in [-0.25, -0.2) is 0 Å². The molecule has 0 spiro atoms. The Kier molecular flexibility index (Phi) is 6.55. The molecule has 1 aromatic rings. The minimum absolute atomic E-state index is 0.326. The number of nitrogens with zero attached hydrogens (tertiary/aromatic N) is 1. The van der Waals surface area contributed by atoms with Gasteiger partial charge in [-0.05, 0) is 24.6 Å². The molecule has 0 bridgehead atoms. The summed E-state index contributed by atoms with van der Waals surface area (Å²) < 4.78 is 0. The van der Waals surface area contributed by atoms with Gasteiger partial charge < -0.3 is 10.0 Å². The summed E-state index contributed by atoms with van der Waals surface area (Å²) in [7, 11) is 0. The van der Waals surface area contributed by atoms with Crippen LogP contribution in [0.5, 0.6) is 0 Å². The van der Waals surface area contributed by atoms with Crippen molar-refractivity contribution in [2.24, 2.45) is 0 Å². The van der Waals surface area contributed by atoms with Gasteiger partial charge in [-0.2, -0.15) is 0 Å². The number of carbonyl (C=O) groups excluding carboxylic acids is 1. The summed E-state index contributed by atoms with van der Waals surface area (Å²) in [6.07, 6.45) is 3.46. The van der Waals surface area contributed by atoms with Crippen molar-refractivity contribution in [2.45, 2.75) is 13.3 Å². The number of rotatable bonds is 6. The Labute approximate surface area is 127 Å². The Morgan fingerprint density at radius 2 is 1.90 bits per heavy atom. The largest absolute Gasteiger partial charge is 0.480 e. The topological polar surface area (TPSA) is 57.6 Å². The van der Waals surface area contributed by atoms with Gasteiger partial charge >= 0.3 is 5.97 Å². The first-order valence-electron chi connectivity index (χ1n) is 6.08. The molecule has 0 fully saturated rings. The molecule has 0 aliphatic carbocycles. The van der Waals surface area contributed by atoms with E-state index >= 15 is 0 Å². The monoisotopic (exact) mass is 315 g/mol. The lowest BCUT2D eigenvalue weighted by Crippen LogP contribution is -2.35. The maximum absolute atomic E-state index is 12.0. The van der Waals surface area contributed by atoms with Crippen LogP contribution in [0.3, 0.4) is 0 Å². The third-order valence-electron chi connectivity index (χ3n) is 2.52. The highest BCUT2D eigenvalue weighted by molar-refractivity contribution is 6.37. The van der Waals surface area contributed by atoms with Crippen LogP contribution in [0, 0.1) is 0 Å². The molecular formula is C14H15Cl2NO3. The van der Waals surface area contributed by atoms with Crippen molar-refractivity contribution >= 4 is 41.2 Å². The molecule has 0 aliphatic rings.